The molecule has 0 aromatic carbocycles. The first-order valence-corrected chi connectivity index (χ1v) is 2.70. The Balaban J connectivity index is 3.17. The molecule has 0 heterocycles. The van der Waals surface area contributed by atoms with E-state index < -0.39 is 0 Å². The molecule has 0 rings (SSSR count). The van der Waals surface area contributed by atoms with E-state index in [0.29, 0.717) is 6.54 Å². The molecule has 0 amide bonds. The van der Waals surface area contributed by atoms with E-state index in [2.05, 4.69) is 0 Å². The molecular formula is C6H12FN. The van der Waals surface area contributed by atoms with Gasteiger partial charge in [-0.05, 0) is 13.1 Å². The van der Waals surface area contributed by atoms with E-state index in [1.54, 1.807) is 4.90 Å². The van der Waals surface area contributed by atoms with Crippen LogP contribution in [0.1, 0.15) is 6.92 Å². The Hall–Kier alpha value is -0.530. The third-order valence-corrected chi connectivity index (χ3v) is 0.841. The molecule has 0 spiro atoms. The minimum absolute atomic E-state index is 0.277. The van der Waals surface area contributed by atoms with Gasteiger partial charge in [0.25, 0.3) is 0 Å². The summed E-state index contributed by atoms with van der Waals surface area (Å²) in [5, 5.41) is 0. The molecule has 0 aliphatic rings. The first kappa shape index (κ1) is 7.47. The van der Waals surface area contributed by atoms with Crippen LogP contribution in [0.3, 0.4) is 0 Å². The fraction of sp³-hybridized carbons (Fsp3) is 0.667. The van der Waals surface area contributed by atoms with Gasteiger partial charge in [0.15, 0.2) is 0 Å². The van der Waals surface area contributed by atoms with Gasteiger partial charge in [-0.15, -0.1) is 0 Å². The maximum absolute atomic E-state index is 11.5. The summed E-state index contributed by atoms with van der Waals surface area (Å²) in [6.07, 6.45) is 3.73. The van der Waals surface area contributed by atoms with Gasteiger partial charge in [-0.2, -0.15) is 0 Å². The molecule has 1 nitrogen and oxygen atoms in total. The van der Waals surface area contributed by atoms with E-state index >= 15 is 0 Å². The van der Waals surface area contributed by atoms with Gasteiger partial charge in [-0.3, -0.25) is 0 Å². The van der Waals surface area contributed by atoms with Crippen molar-refractivity contribution >= 4 is 0 Å². The maximum Gasteiger partial charge on any atom is 0.107 e. The molecule has 0 atom stereocenters. The number of alkyl halides is 1. The molecule has 0 fully saturated rings. The van der Waals surface area contributed by atoms with Crippen molar-refractivity contribution in [3.63, 3.8) is 0 Å². The lowest BCUT2D eigenvalue weighted by molar-refractivity contribution is 0.371. The summed E-state index contributed by atoms with van der Waals surface area (Å²) in [5.74, 6) is 0. The minimum Gasteiger partial charge on any atom is -0.378 e. The summed E-state index contributed by atoms with van der Waals surface area (Å²) in [6.45, 7) is 2.12. The van der Waals surface area contributed by atoms with Crippen LogP contribution in [0.2, 0.25) is 0 Å². The molecule has 48 valence electrons. The van der Waals surface area contributed by atoms with Crippen molar-refractivity contribution in [2.24, 2.45) is 0 Å². The second-order valence-corrected chi connectivity index (χ2v) is 1.65. The van der Waals surface area contributed by atoms with Crippen LogP contribution in [-0.2, 0) is 0 Å². The summed E-state index contributed by atoms with van der Waals surface area (Å²) >= 11 is 0. The van der Waals surface area contributed by atoms with Crippen LogP contribution in [0.5, 0.6) is 0 Å². The van der Waals surface area contributed by atoms with Crippen LogP contribution in [-0.4, -0.2) is 25.2 Å². The van der Waals surface area contributed by atoms with Gasteiger partial charge in [-0.25, -0.2) is 4.39 Å². The van der Waals surface area contributed by atoms with Gasteiger partial charge >= 0.3 is 0 Å². The molecule has 0 aromatic rings. The second kappa shape index (κ2) is 4.62. The van der Waals surface area contributed by atoms with Crippen LogP contribution >= 0.6 is 0 Å². The van der Waals surface area contributed by atoms with E-state index in [0.717, 1.165) is 0 Å². The quantitative estimate of drug-likeness (QED) is 0.540. The highest BCUT2D eigenvalue weighted by molar-refractivity contribution is 4.75. The molecule has 0 aliphatic heterocycles. The molecule has 0 unspecified atom stereocenters. The molecule has 0 bridgehead atoms. The van der Waals surface area contributed by atoms with Crippen molar-refractivity contribution in [1.82, 2.24) is 4.90 Å². The van der Waals surface area contributed by atoms with Crippen molar-refractivity contribution in [3.8, 4) is 0 Å². The third-order valence-electron chi connectivity index (χ3n) is 0.841. The molecule has 8 heavy (non-hydrogen) atoms. The zero-order chi connectivity index (χ0) is 6.41. The molecule has 0 saturated heterocycles. The van der Waals surface area contributed by atoms with E-state index in [4.69, 9.17) is 0 Å². The van der Waals surface area contributed by atoms with Gasteiger partial charge in [0.2, 0.25) is 0 Å². The van der Waals surface area contributed by atoms with Crippen molar-refractivity contribution in [3.05, 3.63) is 12.3 Å². The number of hydrogen-bond acceptors (Lipinski definition) is 1. The monoisotopic (exact) mass is 117 g/mol. The van der Waals surface area contributed by atoms with Crippen LogP contribution < -0.4 is 0 Å². The van der Waals surface area contributed by atoms with E-state index in [-0.39, 0.29) is 6.67 Å². The Kier molecular flexibility index (Phi) is 4.32. The second-order valence-electron chi connectivity index (χ2n) is 1.65. The van der Waals surface area contributed by atoms with E-state index in [9.17, 15) is 4.39 Å². The highest BCUT2D eigenvalue weighted by Crippen LogP contribution is 1.82. The van der Waals surface area contributed by atoms with Crippen LogP contribution in [0, 0.1) is 0 Å². The lowest BCUT2D eigenvalue weighted by Crippen LogP contribution is -2.12. The molecule has 0 N–H and O–H groups in total. The van der Waals surface area contributed by atoms with Gasteiger partial charge in [0.1, 0.15) is 6.67 Å². The predicted octanol–water partition coefficient (Wildman–Crippen LogP) is 1.42. The average molecular weight is 117 g/mol. The average Bonchev–Trinajstić information content (AvgIpc) is 1.68. The largest absolute Gasteiger partial charge is 0.378 e. The highest BCUT2D eigenvalue weighted by atomic mass is 19.1. The zero-order valence-electron chi connectivity index (χ0n) is 5.39. The lowest BCUT2D eigenvalue weighted by atomic mass is 10.6. The molecule has 2 heteroatoms. The molecule has 0 radical (unpaired) electrons. The number of halogens is 1. The number of allylic oxidation sites excluding steroid dienone is 1. The predicted molar refractivity (Wildman–Crippen MR) is 33.4 cm³/mol. The summed E-state index contributed by atoms with van der Waals surface area (Å²) < 4.78 is 11.5. The SMILES string of the molecule is C/C=C\N(C)CCF. The van der Waals surface area contributed by atoms with Crippen molar-refractivity contribution in [2.45, 2.75) is 6.92 Å². The van der Waals surface area contributed by atoms with Crippen molar-refractivity contribution in [1.29, 1.82) is 0 Å². The van der Waals surface area contributed by atoms with Crippen LogP contribution in [0.15, 0.2) is 12.3 Å². The summed E-state index contributed by atoms with van der Waals surface area (Å²) in [5.41, 5.74) is 0. The Labute approximate surface area is 49.8 Å². The van der Waals surface area contributed by atoms with Crippen molar-refractivity contribution in [2.75, 3.05) is 20.3 Å². The molecule has 0 saturated carbocycles. The third kappa shape index (κ3) is 3.65. The van der Waals surface area contributed by atoms with Crippen molar-refractivity contribution < 1.29 is 4.39 Å². The van der Waals surface area contributed by atoms with E-state index in [1.807, 2.05) is 26.2 Å². The Morgan fingerprint density at radius 2 is 2.25 bits per heavy atom. The summed E-state index contributed by atoms with van der Waals surface area (Å²) in [6, 6.07) is 0. The first-order chi connectivity index (χ1) is 3.81. The van der Waals surface area contributed by atoms with Crippen LogP contribution in [0.4, 0.5) is 4.39 Å². The Morgan fingerprint density at radius 3 is 2.62 bits per heavy atom. The highest BCUT2D eigenvalue weighted by Gasteiger charge is 1.84. The number of hydrogen-bond donors (Lipinski definition) is 0. The van der Waals surface area contributed by atoms with Crippen LogP contribution in [0.25, 0.3) is 0 Å². The standard InChI is InChI=1S/C6H12FN/c1-3-5-8(2)6-4-7/h3,5H,4,6H2,1-2H3/b5-3-. The fourth-order valence-electron chi connectivity index (χ4n) is 0.462. The molecular weight excluding hydrogens is 105 g/mol. The topological polar surface area (TPSA) is 3.24 Å². The maximum atomic E-state index is 11.5. The van der Waals surface area contributed by atoms with E-state index in [1.165, 1.54) is 0 Å². The Bertz CT molecular complexity index is 70.9. The Morgan fingerprint density at radius 1 is 1.62 bits per heavy atom. The smallest absolute Gasteiger partial charge is 0.107 e. The number of rotatable bonds is 3. The first-order valence-electron chi connectivity index (χ1n) is 2.70. The summed E-state index contributed by atoms with van der Waals surface area (Å²) in [4.78, 5) is 1.81. The molecule has 0 aromatic heterocycles. The van der Waals surface area contributed by atoms with Gasteiger partial charge in [0.05, 0.1) is 0 Å². The normalized spacial score (nSPS) is 10.4. The molecule has 0 aliphatic carbocycles. The summed E-state index contributed by atoms with van der Waals surface area (Å²) in [7, 11) is 1.85. The van der Waals surface area contributed by atoms with Gasteiger partial charge < -0.3 is 4.90 Å². The number of nitrogens with zero attached hydrogens (tertiary/aromatic N) is 1. The fourth-order valence-corrected chi connectivity index (χ4v) is 0.462. The van der Waals surface area contributed by atoms with Gasteiger partial charge in [0, 0.05) is 13.6 Å². The minimum atomic E-state index is -0.277. The zero-order valence-corrected chi connectivity index (χ0v) is 5.39. The lowest BCUT2D eigenvalue weighted by Gasteiger charge is -2.08. The van der Waals surface area contributed by atoms with Gasteiger partial charge in [-0.1, -0.05) is 6.08 Å².